The molecule has 0 unspecified atom stereocenters. The number of hydrogen-bond acceptors (Lipinski definition) is 7. The summed E-state index contributed by atoms with van der Waals surface area (Å²) < 4.78 is 30.9. The highest BCUT2D eigenvalue weighted by Gasteiger charge is 2.24. The van der Waals surface area contributed by atoms with E-state index in [1.54, 1.807) is 0 Å². The van der Waals surface area contributed by atoms with Crippen LogP contribution in [0.25, 0.3) is 0 Å². The maximum atomic E-state index is 12.9. The summed E-state index contributed by atoms with van der Waals surface area (Å²) >= 11 is 5.80. The van der Waals surface area contributed by atoms with Gasteiger partial charge in [-0.05, 0) is 36.4 Å². The number of methoxy groups -OCH3 is 1. The molecule has 2 N–H and O–H groups in total. The van der Waals surface area contributed by atoms with Gasteiger partial charge in [-0.2, -0.15) is 5.10 Å². The monoisotopic (exact) mass is 436 g/mol. The number of nitro groups is 1. The first kappa shape index (κ1) is 20.3. The zero-order valence-electron chi connectivity index (χ0n) is 14.7. The van der Waals surface area contributed by atoms with Crippen LogP contribution in [0.3, 0.4) is 0 Å². The van der Waals surface area contributed by atoms with Gasteiger partial charge >= 0.3 is 5.69 Å². The molecule has 0 fully saturated rings. The SMILES string of the molecule is COc1cc(NC(=O)c2[nH]ncc2[N+](=O)[O-])cc(S(=O)(=O)c2ccc(Cl)cc2)c1. The first-order chi connectivity index (χ1) is 13.7. The maximum absolute atomic E-state index is 12.9. The Morgan fingerprint density at radius 3 is 2.52 bits per heavy atom. The van der Waals surface area contributed by atoms with Crippen LogP contribution in [0.4, 0.5) is 11.4 Å². The highest BCUT2D eigenvalue weighted by Crippen LogP contribution is 2.29. The Bertz CT molecular complexity index is 1190. The van der Waals surface area contributed by atoms with Crippen LogP contribution in [0.2, 0.25) is 5.02 Å². The number of benzene rings is 2. The van der Waals surface area contributed by atoms with Crippen LogP contribution in [0.5, 0.6) is 5.75 Å². The number of aromatic nitrogens is 2. The quantitative estimate of drug-likeness (QED) is 0.446. The van der Waals surface area contributed by atoms with Gasteiger partial charge in [-0.25, -0.2) is 8.42 Å². The third-order valence-corrected chi connectivity index (χ3v) is 5.85. The number of carbonyl (C=O) groups is 1. The molecule has 0 atom stereocenters. The summed E-state index contributed by atoms with van der Waals surface area (Å²) in [5.74, 6) is -0.702. The molecule has 150 valence electrons. The number of hydrogen-bond donors (Lipinski definition) is 2. The second kappa shape index (κ2) is 7.89. The van der Waals surface area contributed by atoms with E-state index >= 15 is 0 Å². The van der Waals surface area contributed by atoms with Gasteiger partial charge in [0.05, 0.1) is 21.8 Å². The molecule has 0 spiro atoms. The van der Waals surface area contributed by atoms with Crippen molar-refractivity contribution in [1.29, 1.82) is 0 Å². The van der Waals surface area contributed by atoms with Gasteiger partial charge in [-0.3, -0.25) is 20.0 Å². The smallest absolute Gasteiger partial charge is 0.319 e. The molecule has 0 aliphatic carbocycles. The molecule has 1 amide bonds. The van der Waals surface area contributed by atoms with Gasteiger partial charge in [0, 0.05) is 16.8 Å². The second-order valence-corrected chi connectivity index (χ2v) is 8.08. The third kappa shape index (κ3) is 4.20. The van der Waals surface area contributed by atoms with Crippen LogP contribution in [0.15, 0.2) is 58.5 Å². The number of nitrogens with one attached hydrogen (secondary N) is 2. The average Bonchev–Trinajstić information content (AvgIpc) is 3.18. The third-order valence-electron chi connectivity index (χ3n) is 3.85. The van der Waals surface area contributed by atoms with Gasteiger partial charge in [0.1, 0.15) is 11.9 Å². The van der Waals surface area contributed by atoms with E-state index in [1.807, 2.05) is 0 Å². The number of rotatable bonds is 6. The van der Waals surface area contributed by atoms with Crippen molar-refractivity contribution < 1.29 is 22.9 Å². The van der Waals surface area contributed by atoms with Crippen molar-refractivity contribution in [3.8, 4) is 5.75 Å². The lowest BCUT2D eigenvalue weighted by atomic mass is 10.2. The molecule has 10 nitrogen and oxygen atoms in total. The molecule has 3 aromatic rings. The van der Waals surface area contributed by atoms with Gasteiger partial charge in [0.15, 0.2) is 0 Å². The summed E-state index contributed by atoms with van der Waals surface area (Å²) in [6, 6.07) is 9.46. The maximum Gasteiger partial charge on any atom is 0.319 e. The Hall–Kier alpha value is -3.44. The predicted molar refractivity (Wildman–Crippen MR) is 103 cm³/mol. The lowest BCUT2D eigenvalue weighted by Crippen LogP contribution is -2.15. The summed E-state index contributed by atoms with van der Waals surface area (Å²) in [6.07, 6.45) is 0.900. The molecule has 0 aliphatic rings. The van der Waals surface area contributed by atoms with Gasteiger partial charge < -0.3 is 10.1 Å². The predicted octanol–water partition coefficient (Wildman–Crippen LogP) is 3.07. The molecule has 3 rings (SSSR count). The van der Waals surface area contributed by atoms with E-state index in [2.05, 4.69) is 15.5 Å². The van der Waals surface area contributed by atoms with Crippen LogP contribution in [0, 0.1) is 10.1 Å². The Labute approximate surface area is 169 Å². The topological polar surface area (TPSA) is 144 Å². The van der Waals surface area contributed by atoms with Crippen LogP contribution < -0.4 is 10.1 Å². The number of H-pyrrole nitrogens is 1. The molecule has 0 saturated carbocycles. The molecule has 29 heavy (non-hydrogen) atoms. The number of ether oxygens (including phenoxy) is 1. The number of sulfone groups is 1. The van der Waals surface area contributed by atoms with Crippen molar-refractivity contribution >= 4 is 38.7 Å². The lowest BCUT2D eigenvalue weighted by molar-refractivity contribution is -0.385. The minimum Gasteiger partial charge on any atom is -0.497 e. The molecule has 0 aliphatic heterocycles. The van der Waals surface area contributed by atoms with Crippen LogP contribution >= 0.6 is 11.6 Å². The molecule has 1 aromatic heterocycles. The largest absolute Gasteiger partial charge is 0.497 e. The van der Waals surface area contributed by atoms with E-state index in [-0.39, 0.29) is 26.9 Å². The molecule has 2 aromatic carbocycles. The van der Waals surface area contributed by atoms with Gasteiger partial charge in [0.2, 0.25) is 15.5 Å². The molecule has 0 saturated heterocycles. The summed E-state index contributed by atoms with van der Waals surface area (Å²) in [4.78, 5) is 22.4. The van der Waals surface area contributed by atoms with Gasteiger partial charge in [0.25, 0.3) is 5.91 Å². The molecular weight excluding hydrogens is 424 g/mol. The fraction of sp³-hybridized carbons (Fsp3) is 0.0588. The van der Waals surface area contributed by atoms with E-state index in [0.717, 1.165) is 6.20 Å². The van der Waals surface area contributed by atoms with Crippen molar-refractivity contribution in [2.24, 2.45) is 0 Å². The zero-order valence-corrected chi connectivity index (χ0v) is 16.3. The molecule has 12 heteroatoms. The Balaban J connectivity index is 1.99. The van der Waals surface area contributed by atoms with E-state index in [4.69, 9.17) is 16.3 Å². The number of halogens is 1. The van der Waals surface area contributed by atoms with E-state index in [0.29, 0.717) is 5.02 Å². The molecule has 1 heterocycles. The Kier molecular flexibility index (Phi) is 5.52. The van der Waals surface area contributed by atoms with Gasteiger partial charge in [-0.15, -0.1) is 0 Å². The fourth-order valence-corrected chi connectivity index (χ4v) is 3.89. The van der Waals surface area contributed by atoms with Gasteiger partial charge in [-0.1, -0.05) is 11.6 Å². The first-order valence-corrected chi connectivity index (χ1v) is 9.77. The van der Waals surface area contributed by atoms with Crippen LogP contribution in [0.1, 0.15) is 10.5 Å². The standard InChI is InChI=1S/C17H13ClN4O6S/c1-28-12-6-11(20-17(23)16-15(22(24)25)9-19-21-16)7-14(8-12)29(26,27)13-4-2-10(18)3-5-13/h2-9H,1H3,(H,19,21)(H,20,23). The van der Waals surface area contributed by atoms with E-state index < -0.39 is 26.4 Å². The minimum atomic E-state index is -3.94. The number of carbonyl (C=O) groups excluding carboxylic acids is 1. The van der Waals surface area contributed by atoms with Crippen molar-refractivity contribution in [3.63, 3.8) is 0 Å². The highest BCUT2D eigenvalue weighted by atomic mass is 35.5. The number of amides is 1. The molecule has 0 bridgehead atoms. The number of aromatic amines is 1. The summed E-state index contributed by atoms with van der Waals surface area (Å²) in [7, 11) is -2.61. The van der Waals surface area contributed by atoms with Crippen molar-refractivity contribution in [1.82, 2.24) is 10.2 Å². The number of nitrogens with zero attached hydrogens (tertiary/aromatic N) is 2. The van der Waals surface area contributed by atoms with Crippen LogP contribution in [-0.2, 0) is 9.84 Å². The zero-order chi connectivity index (χ0) is 21.2. The van der Waals surface area contributed by atoms with Crippen molar-refractivity contribution in [3.05, 3.63) is 69.5 Å². The normalized spacial score (nSPS) is 11.1. The van der Waals surface area contributed by atoms with E-state index in [9.17, 15) is 23.3 Å². The fourth-order valence-electron chi connectivity index (χ4n) is 2.45. The molecular formula is C17H13ClN4O6S. The summed E-state index contributed by atoms with van der Waals surface area (Å²) in [5, 5.41) is 19.5. The summed E-state index contributed by atoms with van der Waals surface area (Å²) in [5.41, 5.74) is -0.829. The lowest BCUT2D eigenvalue weighted by Gasteiger charge is -2.11. The van der Waals surface area contributed by atoms with E-state index in [1.165, 1.54) is 49.6 Å². The van der Waals surface area contributed by atoms with Crippen molar-refractivity contribution in [2.75, 3.05) is 12.4 Å². The molecule has 0 radical (unpaired) electrons. The summed E-state index contributed by atoms with van der Waals surface area (Å²) in [6.45, 7) is 0. The first-order valence-electron chi connectivity index (χ1n) is 7.91. The second-order valence-electron chi connectivity index (χ2n) is 5.70. The highest BCUT2D eigenvalue weighted by molar-refractivity contribution is 7.91. The van der Waals surface area contributed by atoms with Crippen molar-refractivity contribution in [2.45, 2.75) is 9.79 Å². The minimum absolute atomic E-state index is 0.00312. The van der Waals surface area contributed by atoms with Crippen LogP contribution in [-0.4, -0.2) is 36.6 Å². The Morgan fingerprint density at radius 2 is 1.90 bits per heavy atom. The Morgan fingerprint density at radius 1 is 1.21 bits per heavy atom. The average molecular weight is 437 g/mol. The number of anilines is 1.